The molecule has 1 saturated carbocycles. The lowest BCUT2D eigenvalue weighted by Crippen LogP contribution is -2.47. The van der Waals surface area contributed by atoms with E-state index in [0.717, 1.165) is 25.3 Å². The largest absolute Gasteiger partial charge is 0.483 e. The van der Waals surface area contributed by atoms with Crippen molar-refractivity contribution in [3.63, 3.8) is 0 Å². The quantitative estimate of drug-likeness (QED) is 0.560. The third-order valence-electron chi connectivity index (χ3n) is 6.60. The van der Waals surface area contributed by atoms with Crippen molar-refractivity contribution in [1.82, 2.24) is 24.9 Å². The van der Waals surface area contributed by atoms with E-state index in [0.29, 0.717) is 50.9 Å². The molecule has 1 aromatic heterocycles. The highest BCUT2D eigenvalue weighted by molar-refractivity contribution is 5.93. The SMILES string of the molecule is CC(C)n1cc(C(=O)NC[C@@H]2CC[C@H](CC(=O)N3CCOCC3)N2CC2CC2)cn1.O=CO. The van der Waals surface area contributed by atoms with Crippen LogP contribution >= 0.6 is 0 Å². The number of aromatic nitrogens is 2. The van der Waals surface area contributed by atoms with Crippen LogP contribution < -0.4 is 5.32 Å². The van der Waals surface area contributed by atoms with Crippen molar-refractivity contribution in [2.45, 2.75) is 64.1 Å². The van der Waals surface area contributed by atoms with E-state index in [9.17, 15) is 9.59 Å². The Hall–Kier alpha value is -2.46. The number of hydrogen-bond donors (Lipinski definition) is 2. The highest BCUT2D eigenvalue weighted by atomic mass is 16.5. The van der Waals surface area contributed by atoms with E-state index in [4.69, 9.17) is 14.6 Å². The van der Waals surface area contributed by atoms with Crippen molar-refractivity contribution in [3.05, 3.63) is 18.0 Å². The number of carboxylic acid groups (broad SMARTS) is 1. The number of hydrogen-bond acceptors (Lipinski definition) is 6. The molecule has 2 aliphatic heterocycles. The molecule has 3 heterocycles. The maximum absolute atomic E-state index is 12.8. The van der Waals surface area contributed by atoms with Gasteiger partial charge in [0, 0.05) is 56.9 Å². The van der Waals surface area contributed by atoms with Gasteiger partial charge in [0.2, 0.25) is 5.91 Å². The summed E-state index contributed by atoms with van der Waals surface area (Å²) in [6.45, 7) is 8.21. The van der Waals surface area contributed by atoms with Crippen LogP contribution in [0.1, 0.15) is 62.4 Å². The Kier molecular flexibility index (Phi) is 9.25. The van der Waals surface area contributed by atoms with Crippen LogP contribution in [0.2, 0.25) is 0 Å². The number of carbonyl (C=O) groups excluding carboxylic acids is 2. The van der Waals surface area contributed by atoms with Gasteiger partial charge in [-0.15, -0.1) is 0 Å². The average molecular weight is 464 g/mol. The number of rotatable bonds is 8. The van der Waals surface area contributed by atoms with E-state index in [1.54, 1.807) is 17.1 Å². The van der Waals surface area contributed by atoms with Crippen molar-refractivity contribution >= 4 is 18.3 Å². The summed E-state index contributed by atoms with van der Waals surface area (Å²) in [6, 6.07) is 0.823. The van der Waals surface area contributed by atoms with Gasteiger partial charge in [-0.1, -0.05) is 0 Å². The fourth-order valence-corrected chi connectivity index (χ4v) is 4.54. The van der Waals surface area contributed by atoms with Crippen LogP contribution in [-0.4, -0.2) is 94.4 Å². The minimum absolute atomic E-state index is 0.0684. The summed E-state index contributed by atoms with van der Waals surface area (Å²) in [5.74, 6) is 0.933. The Morgan fingerprint density at radius 2 is 1.88 bits per heavy atom. The molecule has 1 aromatic rings. The van der Waals surface area contributed by atoms with Crippen molar-refractivity contribution in [3.8, 4) is 0 Å². The molecule has 2 amide bonds. The summed E-state index contributed by atoms with van der Waals surface area (Å²) in [5.41, 5.74) is 0.606. The molecule has 2 saturated heterocycles. The number of morpholine rings is 1. The Morgan fingerprint density at radius 3 is 2.48 bits per heavy atom. The summed E-state index contributed by atoms with van der Waals surface area (Å²) in [4.78, 5) is 38.2. The number of carbonyl (C=O) groups is 3. The Bertz CT molecular complexity index is 788. The van der Waals surface area contributed by atoms with Gasteiger partial charge in [-0.25, -0.2) is 0 Å². The first-order valence-corrected chi connectivity index (χ1v) is 11.9. The number of nitrogens with zero attached hydrogens (tertiary/aromatic N) is 4. The Balaban J connectivity index is 0.000000968. The number of likely N-dealkylation sites (tertiary alicyclic amines) is 1. The van der Waals surface area contributed by atoms with Crippen LogP contribution in [0.5, 0.6) is 0 Å². The fraction of sp³-hybridized carbons (Fsp3) is 0.739. The van der Waals surface area contributed by atoms with E-state index >= 15 is 0 Å². The summed E-state index contributed by atoms with van der Waals surface area (Å²) in [5, 5.41) is 14.3. The summed E-state index contributed by atoms with van der Waals surface area (Å²) in [7, 11) is 0. The lowest BCUT2D eigenvalue weighted by Gasteiger charge is -2.33. The third kappa shape index (κ3) is 7.26. The minimum Gasteiger partial charge on any atom is -0.483 e. The zero-order chi connectivity index (χ0) is 23.8. The number of amides is 2. The standard InChI is InChI=1S/C22H35N5O3.CH2O2/c1-16(2)27-15-18(12-24-27)22(29)23-13-20-6-5-19(26(20)14-17-3-4-17)11-21(28)25-7-9-30-10-8-25;2-1-3/h12,15-17,19-20H,3-11,13-14H2,1-2H3,(H,23,29);1H,(H,2,3)/t19-,20+;/m1./s1. The molecule has 0 radical (unpaired) electrons. The van der Waals surface area contributed by atoms with Crippen LogP contribution in [-0.2, 0) is 14.3 Å². The molecule has 0 spiro atoms. The minimum atomic E-state index is -0.250. The molecule has 0 bridgehead atoms. The monoisotopic (exact) mass is 463 g/mol. The highest BCUT2D eigenvalue weighted by Gasteiger charge is 2.38. The number of ether oxygens (including phenoxy) is 1. The van der Waals surface area contributed by atoms with Crippen molar-refractivity contribution in [1.29, 1.82) is 0 Å². The van der Waals surface area contributed by atoms with Crippen molar-refractivity contribution < 1.29 is 24.2 Å². The summed E-state index contributed by atoms with van der Waals surface area (Å²) in [6.07, 6.45) is 8.64. The second-order valence-corrected chi connectivity index (χ2v) is 9.34. The second kappa shape index (κ2) is 12.1. The molecule has 3 fully saturated rings. The van der Waals surface area contributed by atoms with Crippen LogP contribution in [0.4, 0.5) is 0 Å². The van der Waals surface area contributed by atoms with Gasteiger partial charge in [0.05, 0.1) is 25.0 Å². The maximum atomic E-state index is 12.8. The molecule has 2 N–H and O–H groups in total. The molecule has 10 nitrogen and oxygen atoms in total. The fourth-order valence-electron chi connectivity index (χ4n) is 4.54. The molecule has 10 heteroatoms. The van der Waals surface area contributed by atoms with Crippen LogP contribution in [0.3, 0.4) is 0 Å². The van der Waals surface area contributed by atoms with Gasteiger partial charge in [-0.05, 0) is 45.4 Å². The van der Waals surface area contributed by atoms with Gasteiger partial charge < -0.3 is 20.1 Å². The van der Waals surface area contributed by atoms with E-state index in [2.05, 4.69) is 15.3 Å². The lowest BCUT2D eigenvalue weighted by molar-refractivity contribution is -0.136. The molecule has 4 rings (SSSR count). The molecule has 1 aliphatic carbocycles. The maximum Gasteiger partial charge on any atom is 0.290 e. The number of nitrogens with one attached hydrogen (secondary N) is 1. The Labute approximate surface area is 195 Å². The molecular formula is C23H37N5O5. The van der Waals surface area contributed by atoms with Crippen LogP contribution in [0.15, 0.2) is 12.4 Å². The smallest absolute Gasteiger partial charge is 0.290 e. The normalized spacial score (nSPS) is 23.2. The van der Waals surface area contributed by atoms with Crippen LogP contribution in [0, 0.1) is 5.92 Å². The van der Waals surface area contributed by atoms with E-state index < -0.39 is 0 Å². The molecule has 33 heavy (non-hydrogen) atoms. The third-order valence-corrected chi connectivity index (χ3v) is 6.60. The first kappa shape index (κ1) is 25.2. The van der Waals surface area contributed by atoms with E-state index in [-0.39, 0.29) is 30.4 Å². The average Bonchev–Trinajstić information content (AvgIpc) is 3.34. The zero-order valence-corrected chi connectivity index (χ0v) is 19.7. The molecular weight excluding hydrogens is 426 g/mol. The van der Waals surface area contributed by atoms with Crippen LogP contribution in [0.25, 0.3) is 0 Å². The van der Waals surface area contributed by atoms with Crippen molar-refractivity contribution in [2.24, 2.45) is 5.92 Å². The van der Waals surface area contributed by atoms with Gasteiger partial charge >= 0.3 is 0 Å². The van der Waals surface area contributed by atoms with E-state index in [1.807, 2.05) is 18.7 Å². The van der Waals surface area contributed by atoms with Crippen molar-refractivity contribution in [2.75, 3.05) is 39.4 Å². The summed E-state index contributed by atoms with van der Waals surface area (Å²) < 4.78 is 7.18. The van der Waals surface area contributed by atoms with Gasteiger partial charge in [0.15, 0.2) is 0 Å². The molecule has 0 unspecified atom stereocenters. The van der Waals surface area contributed by atoms with Gasteiger partial charge in [0.25, 0.3) is 12.4 Å². The molecule has 184 valence electrons. The predicted molar refractivity (Wildman–Crippen MR) is 122 cm³/mol. The molecule has 0 aromatic carbocycles. The lowest BCUT2D eigenvalue weighted by atomic mass is 10.1. The Morgan fingerprint density at radius 1 is 1.21 bits per heavy atom. The first-order valence-electron chi connectivity index (χ1n) is 11.9. The topological polar surface area (TPSA) is 117 Å². The molecule has 3 aliphatic rings. The first-order chi connectivity index (χ1) is 15.9. The highest BCUT2D eigenvalue weighted by Crippen LogP contribution is 2.35. The van der Waals surface area contributed by atoms with Gasteiger partial charge in [-0.3, -0.25) is 24.0 Å². The predicted octanol–water partition coefficient (Wildman–Crippen LogP) is 1.39. The van der Waals surface area contributed by atoms with E-state index in [1.165, 1.54) is 12.8 Å². The zero-order valence-electron chi connectivity index (χ0n) is 19.7. The van der Waals surface area contributed by atoms with Gasteiger partial charge in [-0.2, -0.15) is 5.10 Å². The summed E-state index contributed by atoms with van der Waals surface area (Å²) >= 11 is 0. The van der Waals surface area contributed by atoms with Gasteiger partial charge in [0.1, 0.15) is 0 Å². The molecule has 2 atom stereocenters. The second-order valence-electron chi connectivity index (χ2n) is 9.34.